The first-order chi connectivity index (χ1) is 10.0. The van der Waals surface area contributed by atoms with Crippen LogP contribution in [0.25, 0.3) is 0 Å². The van der Waals surface area contributed by atoms with Crippen LogP contribution in [-0.4, -0.2) is 36.9 Å². The van der Waals surface area contributed by atoms with Crippen LogP contribution in [0.2, 0.25) is 0 Å². The van der Waals surface area contributed by atoms with Gasteiger partial charge in [-0.3, -0.25) is 4.79 Å². The summed E-state index contributed by atoms with van der Waals surface area (Å²) < 4.78 is 9.76. The molecular weight excluding hydrogens is 298 g/mol. The summed E-state index contributed by atoms with van der Waals surface area (Å²) in [6.45, 7) is 3.74. The fourth-order valence-electron chi connectivity index (χ4n) is 1.56. The van der Waals surface area contributed by atoms with Crippen LogP contribution in [0.3, 0.4) is 0 Å². The Bertz CT molecular complexity index is 508. The Morgan fingerprint density at radius 3 is 1.86 bits per heavy atom. The number of halogens is 1. The molecule has 1 N–H and O–H groups in total. The molecule has 0 aromatic heterocycles. The minimum Gasteiger partial charge on any atom is -0.462 e. The molecule has 0 aliphatic heterocycles. The number of ether oxygens (including phenoxy) is 2. The third-order valence-electron chi connectivity index (χ3n) is 2.36. The Kier molecular flexibility index (Phi) is 6.68. The molecule has 0 saturated carbocycles. The molecule has 0 aliphatic carbocycles. The van der Waals surface area contributed by atoms with Crippen molar-refractivity contribution in [3.63, 3.8) is 0 Å². The van der Waals surface area contributed by atoms with Gasteiger partial charge in [0.15, 0.2) is 0 Å². The van der Waals surface area contributed by atoms with Crippen LogP contribution in [-0.2, 0) is 14.3 Å². The van der Waals surface area contributed by atoms with Crippen LogP contribution in [0.4, 0.5) is 5.69 Å². The molecule has 1 rings (SSSR count). The normalized spacial score (nSPS) is 9.86. The summed E-state index contributed by atoms with van der Waals surface area (Å²) in [5, 5.41) is 2.48. The fourth-order valence-corrected chi connectivity index (χ4v) is 1.63. The number of carbonyl (C=O) groups excluding carboxylic acids is 3. The molecule has 21 heavy (non-hydrogen) atoms. The zero-order valence-corrected chi connectivity index (χ0v) is 12.5. The lowest BCUT2D eigenvalue weighted by molar-refractivity contribution is -0.113. The van der Waals surface area contributed by atoms with Crippen LogP contribution in [0, 0.1) is 0 Å². The zero-order valence-electron chi connectivity index (χ0n) is 11.8. The summed E-state index contributed by atoms with van der Waals surface area (Å²) in [4.78, 5) is 34.9. The van der Waals surface area contributed by atoms with Gasteiger partial charge in [0.1, 0.15) is 5.88 Å². The van der Waals surface area contributed by atoms with Gasteiger partial charge in [0, 0.05) is 5.69 Å². The third kappa shape index (κ3) is 5.07. The third-order valence-corrected chi connectivity index (χ3v) is 2.60. The fraction of sp³-hybridized carbons (Fsp3) is 0.357. The molecule has 0 fully saturated rings. The Hall–Kier alpha value is -2.08. The van der Waals surface area contributed by atoms with E-state index in [1.54, 1.807) is 13.8 Å². The zero-order chi connectivity index (χ0) is 15.8. The second-order valence-corrected chi connectivity index (χ2v) is 4.19. The van der Waals surface area contributed by atoms with Crippen LogP contribution in [0.5, 0.6) is 0 Å². The van der Waals surface area contributed by atoms with Crippen LogP contribution in [0.1, 0.15) is 34.6 Å². The van der Waals surface area contributed by atoms with Gasteiger partial charge in [-0.1, -0.05) is 0 Å². The largest absolute Gasteiger partial charge is 0.462 e. The monoisotopic (exact) mass is 313 g/mol. The summed E-state index contributed by atoms with van der Waals surface area (Å²) in [5.41, 5.74) is 0.564. The predicted octanol–water partition coefficient (Wildman–Crippen LogP) is 2.22. The van der Waals surface area contributed by atoms with E-state index in [-0.39, 0.29) is 35.9 Å². The number of anilines is 1. The molecule has 0 unspecified atom stereocenters. The molecule has 1 aromatic rings. The van der Waals surface area contributed by atoms with E-state index in [4.69, 9.17) is 21.1 Å². The van der Waals surface area contributed by atoms with Crippen molar-refractivity contribution in [3.05, 3.63) is 29.3 Å². The molecule has 7 heteroatoms. The van der Waals surface area contributed by atoms with Crippen molar-refractivity contribution in [2.45, 2.75) is 13.8 Å². The molecule has 0 radical (unpaired) electrons. The molecule has 114 valence electrons. The smallest absolute Gasteiger partial charge is 0.338 e. The minimum absolute atomic E-state index is 0.146. The van der Waals surface area contributed by atoms with E-state index in [0.717, 1.165) is 0 Å². The number of rotatable bonds is 6. The summed E-state index contributed by atoms with van der Waals surface area (Å²) in [5.74, 6) is -1.87. The van der Waals surface area contributed by atoms with Crippen molar-refractivity contribution in [1.29, 1.82) is 0 Å². The summed E-state index contributed by atoms with van der Waals surface area (Å²) in [6, 6.07) is 4.17. The lowest BCUT2D eigenvalue weighted by Gasteiger charge is -2.09. The van der Waals surface area contributed by atoms with E-state index in [9.17, 15) is 14.4 Å². The van der Waals surface area contributed by atoms with Crippen molar-refractivity contribution < 1.29 is 23.9 Å². The van der Waals surface area contributed by atoms with E-state index in [2.05, 4.69) is 5.32 Å². The topological polar surface area (TPSA) is 81.7 Å². The number of alkyl halides is 1. The first-order valence-electron chi connectivity index (χ1n) is 6.37. The number of hydrogen-bond acceptors (Lipinski definition) is 5. The maximum Gasteiger partial charge on any atom is 0.338 e. The minimum atomic E-state index is -0.593. The highest BCUT2D eigenvalue weighted by Crippen LogP contribution is 2.17. The molecule has 0 spiro atoms. The number of hydrogen-bond donors (Lipinski definition) is 1. The summed E-state index contributed by atoms with van der Waals surface area (Å²) in [7, 11) is 0. The highest BCUT2D eigenvalue weighted by molar-refractivity contribution is 6.29. The maximum atomic E-state index is 11.8. The second-order valence-electron chi connectivity index (χ2n) is 3.92. The van der Waals surface area contributed by atoms with Crippen LogP contribution < -0.4 is 5.32 Å². The lowest BCUT2D eigenvalue weighted by Crippen LogP contribution is -2.15. The Morgan fingerprint density at radius 1 is 1.00 bits per heavy atom. The van der Waals surface area contributed by atoms with Crippen molar-refractivity contribution in [1.82, 2.24) is 0 Å². The molecule has 0 bridgehead atoms. The van der Waals surface area contributed by atoms with Gasteiger partial charge in [0.05, 0.1) is 24.3 Å². The summed E-state index contributed by atoms with van der Waals surface area (Å²) in [6.07, 6.45) is 0. The van der Waals surface area contributed by atoms with Crippen molar-refractivity contribution in [3.8, 4) is 0 Å². The number of carbonyl (C=O) groups is 3. The molecule has 6 nitrogen and oxygen atoms in total. The molecule has 1 amide bonds. The van der Waals surface area contributed by atoms with Gasteiger partial charge >= 0.3 is 11.9 Å². The first kappa shape index (κ1) is 17.0. The van der Waals surface area contributed by atoms with Gasteiger partial charge in [-0.25, -0.2) is 9.59 Å². The van der Waals surface area contributed by atoms with Crippen LogP contribution in [0.15, 0.2) is 18.2 Å². The SMILES string of the molecule is CCOC(=O)c1cc(NC(=O)CCl)cc(C(=O)OCC)c1. The van der Waals surface area contributed by atoms with Gasteiger partial charge in [-0.2, -0.15) is 0 Å². The van der Waals surface area contributed by atoms with E-state index < -0.39 is 17.8 Å². The second kappa shape index (κ2) is 8.26. The molecule has 1 aromatic carbocycles. The number of esters is 2. The highest BCUT2D eigenvalue weighted by atomic mass is 35.5. The predicted molar refractivity (Wildman–Crippen MR) is 77.7 cm³/mol. The standard InChI is InChI=1S/C14H16ClNO5/c1-3-20-13(18)9-5-10(14(19)21-4-2)7-11(6-9)16-12(17)8-15/h5-7H,3-4,8H2,1-2H3,(H,16,17). The average Bonchev–Trinajstić information content (AvgIpc) is 2.47. The first-order valence-corrected chi connectivity index (χ1v) is 6.90. The lowest BCUT2D eigenvalue weighted by atomic mass is 10.1. The Balaban J connectivity index is 3.15. The molecule has 0 saturated heterocycles. The van der Waals surface area contributed by atoms with E-state index in [1.165, 1.54) is 18.2 Å². The molecule has 0 atom stereocenters. The quantitative estimate of drug-likeness (QED) is 0.643. The molecule has 0 aliphatic rings. The van der Waals surface area contributed by atoms with Crippen molar-refractivity contribution in [2.75, 3.05) is 24.4 Å². The Labute approximate surface area is 127 Å². The van der Waals surface area contributed by atoms with Gasteiger partial charge in [0.2, 0.25) is 5.91 Å². The van der Waals surface area contributed by atoms with E-state index >= 15 is 0 Å². The van der Waals surface area contributed by atoms with E-state index in [0.29, 0.717) is 0 Å². The average molecular weight is 314 g/mol. The van der Waals surface area contributed by atoms with Gasteiger partial charge in [-0.15, -0.1) is 11.6 Å². The van der Waals surface area contributed by atoms with Gasteiger partial charge in [-0.05, 0) is 32.0 Å². The molecular formula is C14H16ClNO5. The van der Waals surface area contributed by atoms with Crippen molar-refractivity contribution in [2.24, 2.45) is 0 Å². The number of amides is 1. The summed E-state index contributed by atoms with van der Waals surface area (Å²) >= 11 is 5.41. The highest BCUT2D eigenvalue weighted by Gasteiger charge is 2.15. The van der Waals surface area contributed by atoms with E-state index in [1.807, 2.05) is 0 Å². The van der Waals surface area contributed by atoms with Gasteiger partial charge < -0.3 is 14.8 Å². The van der Waals surface area contributed by atoms with Crippen molar-refractivity contribution >= 4 is 35.1 Å². The maximum absolute atomic E-state index is 11.8. The number of benzene rings is 1. The van der Waals surface area contributed by atoms with Crippen LogP contribution >= 0.6 is 11.6 Å². The van der Waals surface area contributed by atoms with Gasteiger partial charge in [0.25, 0.3) is 0 Å². The number of nitrogens with one attached hydrogen (secondary N) is 1. The Morgan fingerprint density at radius 2 is 1.48 bits per heavy atom. The molecule has 0 heterocycles.